The van der Waals surface area contributed by atoms with Gasteiger partial charge in [-0.25, -0.2) is 0 Å². The Labute approximate surface area is 121 Å². The SMILES string of the molecule is C/C(=[C](\c1ccccc1)[Sn]([CH3])([CH3])[CH3])c1ccccc1. The maximum atomic E-state index is 2.49. The van der Waals surface area contributed by atoms with Crippen LogP contribution >= 0.6 is 0 Å². The summed E-state index contributed by atoms with van der Waals surface area (Å²) in [7, 11) is 0. The number of rotatable bonds is 3. The van der Waals surface area contributed by atoms with Gasteiger partial charge in [0, 0.05) is 0 Å². The Morgan fingerprint density at radius 3 is 1.53 bits per heavy atom. The summed E-state index contributed by atoms with van der Waals surface area (Å²) in [4.78, 5) is 7.47. The van der Waals surface area contributed by atoms with Gasteiger partial charge in [0.2, 0.25) is 0 Å². The van der Waals surface area contributed by atoms with Crippen molar-refractivity contribution in [2.24, 2.45) is 0 Å². The van der Waals surface area contributed by atoms with Crippen LogP contribution in [0.1, 0.15) is 18.1 Å². The molecule has 0 spiro atoms. The number of hydrogen-bond donors (Lipinski definition) is 0. The van der Waals surface area contributed by atoms with E-state index in [2.05, 4.69) is 82.4 Å². The van der Waals surface area contributed by atoms with Gasteiger partial charge in [0.25, 0.3) is 0 Å². The van der Waals surface area contributed by atoms with Gasteiger partial charge in [-0.1, -0.05) is 0 Å². The fourth-order valence-electron chi connectivity index (χ4n) is 2.65. The number of hydrogen-bond acceptors (Lipinski definition) is 0. The van der Waals surface area contributed by atoms with Crippen LogP contribution in [0.5, 0.6) is 0 Å². The molecule has 0 amide bonds. The molecule has 0 atom stereocenters. The van der Waals surface area contributed by atoms with Crippen molar-refractivity contribution in [1.82, 2.24) is 0 Å². The molecule has 0 unspecified atom stereocenters. The van der Waals surface area contributed by atoms with Crippen molar-refractivity contribution in [1.29, 1.82) is 0 Å². The molecule has 2 aromatic carbocycles. The quantitative estimate of drug-likeness (QED) is 0.503. The standard InChI is InChI=1S/C15H13.3CH3.Sn/c1-13(15-10-6-3-7-11-15)12-14-8-4-2-5-9-14;;;;/h2-11H,1H3;3*1H3;. The molecule has 0 heterocycles. The summed E-state index contributed by atoms with van der Waals surface area (Å²) < 4.78 is 1.63. The second kappa shape index (κ2) is 5.96. The molecule has 0 bridgehead atoms. The zero-order valence-corrected chi connectivity index (χ0v) is 15.1. The van der Waals surface area contributed by atoms with Crippen LogP contribution in [0.4, 0.5) is 0 Å². The minimum atomic E-state index is -2.17. The van der Waals surface area contributed by atoms with E-state index in [1.54, 1.807) is 3.59 Å². The van der Waals surface area contributed by atoms with Gasteiger partial charge in [0.1, 0.15) is 0 Å². The van der Waals surface area contributed by atoms with E-state index < -0.39 is 18.4 Å². The molecule has 2 rings (SSSR count). The van der Waals surface area contributed by atoms with Crippen LogP contribution in [0, 0.1) is 0 Å². The van der Waals surface area contributed by atoms with Crippen molar-refractivity contribution in [2.75, 3.05) is 0 Å². The number of benzene rings is 2. The third-order valence-electron chi connectivity index (χ3n) is 3.39. The van der Waals surface area contributed by atoms with Gasteiger partial charge >= 0.3 is 121 Å². The van der Waals surface area contributed by atoms with E-state index >= 15 is 0 Å². The van der Waals surface area contributed by atoms with Crippen LogP contribution in [-0.4, -0.2) is 18.4 Å². The van der Waals surface area contributed by atoms with Gasteiger partial charge in [0.05, 0.1) is 0 Å². The van der Waals surface area contributed by atoms with Crippen LogP contribution in [-0.2, 0) is 0 Å². The van der Waals surface area contributed by atoms with E-state index in [-0.39, 0.29) is 0 Å². The molecule has 0 radical (unpaired) electrons. The van der Waals surface area contributed by atoms with Crippen molar-refractivity contribution < 1.29 is 0 Å². The molecule has 0 aromatic heterocycles. The normalized spacial score (nSPS) is 13.1. The average molecular weight is 357 g/mol. The second-order valence-corrected chi connectivity index (χ2v) is 20.3. The first kappa shape index (κ1) is 14.4. The predicted octanol–water partition coefficient (Wildman–Crippen LogP) is 5.49. The Hall–Kier alpha value is -1.02. The molecule has 98 valence electrons. The summed E-state index contributed by atoms with van der Waals surface area (Å²) in [6.45, 7) is 2.28. The molecule has 0 aliphatic rings. The van der Waals surface area contributed by atoms with E-state index in [9.17, 15) is 0 Å². The minimum absolute atomic E-state index is 1.35. The van der Waals surface area contributed by atoms with Gasteiger partial charge < -0.3 is 0 Å². The zero-order chi connectivity index (χ0) is 13.9. The Morgan fingerprint density at radius 1 is 0.684 bits per heavy atom. The molecule has 0 N–H and O–H groups in total. The van der Waals surface area contributed by atoms with Gasteiger partial charge in [-0.15, -0.1) is 0 Å². The van der Waals surface area contributed by atoms with E-state index in [0.29, 0.717) is 0 Å². The fraction of sp³-hybridized carbons (Fsp3) is 0.222. The van der Waals surface area contributed by atoms with E-state index in [0.717, 1.165) is 0 Å². The van der Waals surface area contributed by atoms with Gasteiger partial charge in [-0.3, -0.25) is 0 Å². The number of allylic oxidation sites excluding steroid dienone is 1. The van der Waals surface area contributed by atoms with Crippen molar-refractivity contribution in [3.8, 4) is 0 Å². The summed E-state index contributed by atoms with van der Waals surface area (Å²) in [6, 6.07) is 21.7. The topological polar surface area (TPSA) is 0 Å². The molecule has 0 nitrogen and oxygen atoms in total. The van der Waals surface area contributed by atoms with E-state index in [1.165, 1.54) is 16.7 Å². The summed E-state index contributed by atoms with van der Waals surface area (Å²) in [5, 5.41) is 0. The summed E-state index contributed by atoms with van der Waals surface area (Å²) in [6.07, 6.45) is 0. The van der Waals surface area contributed by atoms with Crippen LogP contribution in [0.25, 0.3) is 9.16 Å². The Kier molecular flexibility index (Phi) is 4.51. The Morgan fingerprint density at radius 2 is 1.11 bits per heavy atom. The zero-order valence-electron chi connectivity index (χ0n) is 12.3. The molecule has 2 aromatic rings. The molecule has 0 aliphatic carbocycles. The molecule has 0 saturated heterocycles. The van der Waals surface area contributed by atoms with Gasteiger partial charge in [0.15, 0.2) is 0 Å². The molecule has 0 aliphatic heterocycles. The summed E-state index contributed by atoms with van der Waals surface area (Å²) in [5.74, 6) is 0. The molecular formula is C18H22Sn. The van der Waals surface area contributed by atoms with Crippen LogP contribution in [0.15, 0.2) is 60.7 Å². The van der Waals surface area contributed by atoms with Crippen LogP contribution < -0.4 is 0 Å². The summed E-state index contributed by atoms with van der Waals surface area (Å²) in [5.41, 5.74) is 4.22. The molecule has 0 fully saturated rings. The third kappa shape index (κ3) is 3.50. The van der Waals surface area contributed by atoms with Crippen molar-refractivity contribution in [2.45, 2.75) is 21.7 Å². The Balaban J connectivity index is 2.63. The summed E-state index contributed by atoms with van der Waals surface area (Å²) >= 11 is -2.17. The monoisotopic (exact) mass is 358 g/mol. The van der Waals surface area contributed by atoms with Crippen LogP contribution in [0.3, 0.4) is 0 Å². The van der Waals surface area contributed by atoms with Gasteiger partial charge in [-0.05, 0) is 0 Å². The maximum absolute atomic E-state index is 2.49. The predicted molar refractivity (Wildman–Crippen MR) is 88.7 cm³/mol. The fourth-order valence-corrected chi connectivity index (χ4v) is 9.22. The first-order valence-electron chi connectivity index (χ1n) is 6.82. The first-order chi connectivity index (χ1) is 9.00. The molecule has 0 saturated carbocycles. The third-order valence-corrected chi connectivity index (χ3v) is 9.57. The van der Waals surface area contributed by atoms with E-state index in [4.69, 9.17) is 0 Å². The van der Waals surface area contributed by atoms with Crippen molar-refractivity contribution in [3.63, 3.8) is 0 Å². The first-order valence-corrected chi connectivity index (χ1v) is 16.8. The van der Waals surface area contributed by atoms with Gasteiger partial charge in [-0.2, -0.15) is 0 Å². The second-order valence-electron chi connectivity index (χ2n) is 5.98. The molecule has 1 heteroatoms. The molecule has 19 heavy (non-hydrogen) atoms. The molecular weight excluding hydrogens is 335 g/mol. The van der Waals surface area contributed by atoms with E-state index in [1.807, 2.05) is 0 Å². The Bertz CT molecular complexity index is 560. The average Bonchev–Trinajstić information content (AvgIpc) is 2.39. The van der Waals surface area contributed by atoms with Crippen LogP contribution in [0.2, 0.25) is 14.8 Å². The van der Waals surface area contributed by atoms with Crippen molar-refractivity contribution in [3.05, 3.63) is 71.8 Å². The van der Waals surface area contributed by atoms with Crippen molar-refractivity contribution >= 4 is 27.5 Å².